The lowest BCUT2D eigenvalue weighted by atomic mass is 10.5. The Morgan fingerprint density at radius 2 is 2.10 bits per heavy atom. The summed E-state index contributed by atoms with van der Waals surface area (Å²) >= 11 is 4.96. The highest BCUT2D eigenvalue weighted by Crippen LogP contribution is 2.28. The van der Waals surface area contributed by atoms with Crippen LogP contribution in [-0.4, -0.2) is 11.3 Å². The fraction of sp³-hybridized carbons (Fsp3) is 0.667. The first kappa shape index (κ1) is 10.1. The van der Waals surface area contributed by atoms with Gasteiger partial charge in [-0.2, -0.15) is 0 Å². The molecule has 0 rings (SSSR count). The maximum absolute atomic E-state index is 10.2. The molecule has 1 atom stereocenters. The number of phosphoric acid groups is 1. The molecule has 60 valence electrons. The van der Waals surface area contributed by atoms with Crippen LogP contribution in [0.3, 0.4) is 0 Å². The van der Waals surface area contributed by atoms with Gasteiger partial charge in [0.15, 0.2) is 11.3 Å². The van der Waals surface area contributed by atoms with E-state index in [9.17, 15) is 19.1 Å². The summed E-state index contributed by atoms with van der Waals surface area (Å²) in [7, 11) is -5.13. The van der Waals surface area contributed by atoms with Gasteiger partial charge in [-0.05, 0) is 6.92 Å². The van der Waals surface area contributed by atoms with E-state index in [0.29, 0.717) is 0 Å². The Labute approximate surface area is 62.2 Å². The molecular weight excluding hydrogens is 182 g/mol. The molecular formula is C3H4ClO5P-2. The minimum Gasteiger partial charge on any atom is -0.790 e. The van der Waals surface area contributed by atoms with E-state index < -0.39 is 19.2 Å². The first-order chi connectivity index (χ1) is 4.33. The second-order valence-electron chi connectivity index (χ2n) is 1.48. The number of phosphoric ester groups is 1. The van der Waals surface area contributed by atoms with Gasteiger partial charge in [0.05, 0.1) is 7.82 Å². The maximum atomic E-state index is 10.2. The summed E-state index contributed by atoms with van der Waals surface area (Å²) in [6.07, 6.45) is 0. The maximum Gasteiger partial charge on any atom is 0.193 e. The average Bonchev–Trinajstić information content (AvgIpc) is 1.60. The third kappa shape index (κ3) is 4.90. The Morgan fingerprint density at radius 1 is 1.70 bits per heavy atom. The molecule has 0 aliphatic carbocycles. The third-order valence-electron chi connectivity index (χ3n) is 0.541. The van der Waals surface area contributed by atoms with Gasteiger partial charge < -0.3 is 18.9 Å². The smallest absolute Gasteiger partial charge is 0.193 e. The zero-order valence-electron chi connectivity index (χ0n) is 4.94. The molecule has 1 unspecified atom stereocenters. The van der Waals surface area contributed by atoms with Crippen molar-refractivity contribution in [2.75, 3.05) is 0 Å². The highest BCUT2D eigenvalue weighted by atomic mass is 35.5. The minimum absolute atomic E-state index is 0.728. The minimum atomic E-state index is -5.13. The number of carbonyl (C=O) groups excluding carboxylic acids is 1. The summed E-state index contributed by atoms with van der Waals surface area (Å²) in [5, 5.41) is 0. The Kier molecular flexibility index (Phi) is 3.48. The lowest BCUT2D eigenvalue weighted by Gasteiger charge is -2.29. The predicted octanol–water partition coefficient (Wildman–Crippen LogP) is -1.01. The van der Waals surface area contributed by atoms with Gasteiger partial charge in [-0.15, -0.1) is 0 Å². The van der Waals surface area contributed by atoms with Gasteiger partial charge in [0, 0.05) is 0 Å². The average molecular weight is 186 g/mol. The van der Waals surface area contributed by atoms with Crippen molar-refractivity contribution in [2.24, 2.45) is 0 Å². The van der Waals surface area contributed by atoms with E-state index in [1.54, 1.807) is 0 Å². The van der Waals surface area contributed by atoms with E-state index in [-0.39, 0.29) is 0 Å². The fourth-order valence-electron chi connectivity index (χ4n) is 0.188. The molecule has 0 aromatic carbocycles. The van der Waals surface area contributed by atoms with Crippen molar-refractivity contribution < 1.29 is 23.7 Å². The molecule has 0 saturated carbocycles. The van der Waals surface area contributed by atoms with E-state index in [0.717, 1.165) is 6.92 Å². The topological polar surface area (TPSA) is 89.5 Å². The van der Waals surface area contributed by atoms with Gasteiger partial charge in [-0.1, -0.05) is 11.6 Å². The molecule has 10 heavy (non-hydrogen) atoms. The van der Waals surface area contributed by atoms with Crippen LogP contribution >= 0.6 is 19.4 Å². The van der Waals surface area contributed by atoms with Crippen molar-refractivity contribution >= 4 is 25.2 Å². The zero-order chi connectivity index (χ0) is 8.36. The highest BCUT2D eigenvalue weighted by Gasteiger charge is 2.11. The molecule has 0 aromatic rings. The molecule has 0 heterocycles. The SMILES string of the molecule is CC(=O)C(Cl)OP(=O)([O-])[O-]. The number of carbonyl (C=O) groups is 1. The summed E-state index contributed by atoms with van der Waals surface area (Å²) in [5.41, 5.74) is -1.69. The molecule has 0 bridgehead atoms. The first-order valence-corrected chi connectivity index (χ1v) is 4.07. The van der Waals surface area contributed by atoms with Crippen LogP contribution in [0.15, 0.2) is 0 Å². The quantitative estimate of drug-likeness (QED) is 0.416. The van der Waals surface area contributed by atoms with Crippen molar-refractivity contribution in [1.29, 1.82) is 0 Å². The van der Waals surface area contributed by atoms with E-state index in [2.05, 4.69) is 4.52 Å². The fourth-order valence-corrected chi connectivity index (χ4v) is 0.855. The molecule has 0 radical (unpaired) electrons. The van der Waals surface area contributed by atoms with Crippen LogP contribution in [0.1, 0.15) is 6.92 Å². The lowest BCUT2D eigenvalue weighted by Crippen LogP contribution is -2.23. The van der Waals surface area contributed by atoms with E-state index in [1.807, 2.05) is 0 Å². The summed E-state index contributed by atoms with van der Waals surface area (Å²) in [5.74, 6) is -0.728. The lowest BCUT2D eigenvalue weighted by molar-refractivity contribution is -0.342. The normalized spacial score (nSPS) is 14.8. The Morgan fingerprint density at radius 3 is 2.20 bits per heavy atom. The van der Waals surface area contributed by atoms with Crippen molar-refractivity contribution in [3.8, 4) is 0 Å². The number of hydrogen-bond donors (Lipinski definition) is 0. The van der Waals surface area contributed by atoms with Gasteiger partial charge in [-0.25, -0.2) is 0 Å². The number of ketones is 1. The second-order valence-corrected chi connectivity index (χ2v) is 2.98. The zero-order valence-corrected chi connectivity index (χ0v) is 6.59. The van der Waals surface area contributed by atoms with Crippen molar-refractivity contribution in [3.63, 3.8) is 0 Å². The summed E-state index contributed by atoms with van der Waals surface area (Å²) in [6, 6.07) is 0. The van der Waals surface area contributed by atoms with Gasteiger partial charge in [0.2, 0.25) is 0 Å². The van der Waals surface area contributed by atoms with Crippen molar-refractivity contribution in [2.45, 2.75) is 12.5 Å². The van der Waals surface area contributed by atoms with E-state index in [4.69, 9.17) is 11.6 Å². The van der Waals surface area contributed by atoms with E-state index in [1.165, 1.54) is 0 Å². The van der Waals surface area contributed by atoms with Gasteiger partial charge >= 0.3 is 0 Å². The van der Waals surface area contributed by atoms with Crippen LogP contribution < -0.4 is 9.79 Å². The van der Waals surface area contributed by atoms with Crippen LogP contribution in [0.4, 0.5) is 0 Å². The molecule has 0 spiro atoms. The summed E-state index contributed by atoms with van der Waals surface area (Å²) < 4.78 is 13.3. The summed E-state index contributed by atoms with van der Waals surface area (Å²) in [4.78, 5) is 29.7. The number of alkyl halides is 1. The molecule has 0 N–H and O–H groups in total. The van der Waals surface area contributed by atoms with Gasteiger partial charge in [-0.3, -0.25) is 4.79 Å². The Hall–Kier alpha value is 0.0700. The van der Waals surface area contributed by atoms with Gasteiger partial charge in [0.25, 0.3) is 0 Å². The number of hydrogen-bond acceptors (Lipinski definition) is 5. The van der Waals surface area contributed by atoms with Crippen molar-refractivity contribution in [1.82, 2.24) is 0 Å². The standard InChI is InChI=1S/C3H6ClO5P/c1-2(5)3(4)9-10(6,7)8/h3H,1H3,(H2,6,7,8)/p-2. The molecule has 7 heteroatoms. The van der Waals surface area contributed by atoms with Crippen LogP contribution in [0.5, 0.6) is 0 Å². The van der Waals surface area contributed by atoms with Crippen LogP contribution in [0.25, 0.3) is 0 Å². The second kappa shape index (κ2) is 3.46. The monoisotopic (exact) mass is 186 g/mol. The highest BCUT2D eigenvalue weighted by molar-refractivity contribution is 7.43. The van der Waals surface area contributed by atoms with E-state index >= 15 is 0 Å². The third-order valence-corrected chi connectivity index (χ3v) is 1.53. The first-order valence-electron chi connectivity index (χ1n) is 2.18. The van der Waals surface area contributed by atoms with Gasteiger partial charge in [0.1, 0.15) is 0 Å². The molecule has 0 aromatic heterocycles. The van der Waals surface area contributed by atoms with Crippen LogP contribution in [0.2, 0.25) is 0 Å². The molecule has 0 aliphatic rings. The Bertz CT molecular complexity index is 174. The molecule has 5 nitrogen and oxygen atoms in total. The van der Waals surface area contributed by atoms with Crippen LogP contribution in [-0.2, 0) is 13.9 Å². The predicted molar refractivity (Wildman–Crippen MR) is 29.0 cm³/mol. The van der Waals surface area contributed by atoms with Crippen molar-refractivity contribution in [3.05, 3.63) is 0 Å². The number of halogens is 1. The molecule has 0 saturated heterocycles. The number of rotatable bonds is 3. The van der Waals surface area contributed by atoms with Crippen LogP contribution in [0, 0.1) is 0 Å². The molecule has 0 aliphatic heterocycles. The Balaban J connectivity index is 3.93. The largest absolute Gasteiger partial charge is 0.790 e. The molecule has 0 amide bonds. The summed E-state index contributed by atoms with van der Waals surface area (Å²) in [6.45, 7) is 1.01. The number of Topliss-reactive ketones (excluding diaryl/α,β-unsaturated/α-hetero) is 1. The molecule has 0 fully saturated rings.